The van der Waals surface area contributed by atoms with E-state index >= 15 is 0 Å². The zero-order chi connectivity index (χ0) is 8.69. The third-order valence-electron chi connectivity index (χ3n) is 0.909. The Balaban J connectivity index is 3.76. The maximum atomic E-state index is 10.4. The lowest BCUT2D eigenvalue weighted by Crippen LogP contribution is -2.37. The van der Waals surface area contributed by atoms with Crippen molar-refractivity contribution in [2.75, 3.05) is 6.61 Å². The molecule has 0 aliphatic carbocycles. The van der Waals surface area contributed by atoms with Crippen LogP contribution in [0.4, 0.5) is 0 Å². The average molecular weight is 157 g/mol. The predicted octanol–water partition coefficient (Wildman–Crippen LogP) is -1.93. The molecule has 60 valence electrons. The summed E-state index contributed by atoms with van der Waals surface area (Å²) >= 11 is 0. The van der Waals surface area contributed by atoms with E-state index in [4.69, 9.17) is 5.11 Å². The van der Waals surface area contributed by atoms with Crippen LogP contribution in [0.25, 0.3) is 0 Å². The Labute approximate surface area is 63.4 Å². The number of aliphatic hydroxyl groups excluding tert-OH is 1. The Morgan fingerprint density at radius 1 is 1.55 bits per heavy atom. The lowest BCUT2D eigenvalue weighted by molar-refractivity contribution is -0.124. The Bertz CT molecular complexity index is 157. The summed E-state index contributed by atoms with van der Waals surface area (Å²) < 4.78 is 0. The number of rotatable bonds is 5. The highest BCUT2D eigenvalue weighted by Gasteiger charge is 2.10. The Kier molecular flexibility index (Phi) is 4.93. The first-order chi connectivity index (χ1) is 5.24. The van der Waals surface area contributed by atoms with Crippen LogP contribution in [0, 0.1) is 0 Å². The van der Waals surface area contributed by atoms with Gasteiger partial charge >= 0.3 is 0 Å². The van der Waals surface area contributed by atoms with Crippen molar-refractivity contribution in [3.05, 3.63) is 0 Å². The lowest BCUT2D eigenvalue weighted by atomic mass is 10.2. The van der Waals surface area contributed by atoms with Crippen LogP contribution in [0.5, 0.6) is 0 Å². The van der Waals surface area contributed by atoms with Crippen molar-refractivity contribution in [3.63, 3.8) is 0 Å². The molecule has 5 heteroatoms. The molecular weight excluding hydrogens is 150 g/mol. The minimum atomic E-state index is -0.993. The quantitative estimate of drug-likeness (QED) is 0.487. The molecule has 5 nitrogen and oxygen atoms in total. The number of amides is 1. The molecule has 0 aromatic carbocycles. The Hall–Kier alpha value is -1.23. The topological polar surface area (TPSA) is 83.5 Å². The molecule has 11 heavy (non-hydrogen) atoms. The first kappa shape index (κ1) is 9.77. The van der Waals surface area contributed by atoms with Crippen molar-refractivity contribution in [2.24, 2.45) is 0 Å². The Morgan fingerprint density at radius 2 is 2.18 bits per heavy atom. The van der Waals surface area contributed by atoms with Crippen LogP contribution in [-0.2, 0) is 14.4 Å². The van der Waals surface area contributed by atoms with E-state index < -0.39 is 18.6 Å². The maximum absolute atomic E-state index is 10.4. The summed E-state index contributed by atoms with van der Waals surface area (Å²) in [5.74, 6) is -0.714. The summed E-state index contributed by atoms with van der Waals surface area (Å²) in [6.45, 7) is -0.711. The van der Waals surface area contributed by atoms with Gasteiger partial charge in [0.05, 0.1) is 0 Å². The highest BCUT2D eigenvalue weighted by molar-refractivity contribution is 5.81. The number of carbonyl (C=O) groups is 1. The first-order valence-corrected chi connectivity index (χ1v) is 2.87. The van der Waals surface area contributed by atoms with E-state index in [1.165, 1.54) is 12.6 Å². The fourth-order valence-electron chi connectivity index (χ4n) is 0.445. The van der Waals surface area contributed by atoms with Crippen molar-refractivity contribution < 1.29 is 19.5 Å². The summed E-state index contributed by atoms with van der Waals surface area (Å²) in [4.78, 5) is 30.1. The van der Waals surface area contributed by atoms with Gasteiger partial charge in [-0.05, 0) is 0 Å². The maximum Gasteiger partial charge on any atom is 0.246 e. The van der Waals surface area contributed by atoms with E-state index in [0.29, 0.717) is 0 Å². The minimum Gasteiger partial charge on any atom is -0.387 e. The van der Waals surface area contributed by atoms with Gasteiger partial charge in [-0.1, -0.05) is 0 Å². The molecule has 0 heterocycles. The second kappa shape index (κ2) is 5.55. The molecule has 0 aliphatic rings. The van der Waals surface area contributed by atoms with Gasteiger partial charge in [0.15, 0.2) is 0 Å². The van der Waals surface area contributed by atoms with Gasteiger partial charge in [-0.25, -0.2) is 0 Å². The van der Waals surface area contributed by atoms with Crippen molar-refractivity contribution in [1.82, 2.24) is 5.32 Å². The average Bonchev–Trinajstić information content (AvgIpc) is 2.03. The third kappa shape index (κ3) is 4.21. The van der Waals surface area contributed by atoms with Gasteiger partial charge < -0.3 is 10.4 Å². The Morgan fingerprint density at radius 3 is 2.55 bits per heavy atom. The SMILES string of the molecule is O=[C]CC([C]=O)NC(=O)CO. The van der Waals surface area contributed by atoms with Crippen LogP contribution in [0.3, 0.4) is 0 Å². The standard InChI is InChI=1S/C6H7NO4/c8-2-1-5(3-9)7-6(11)4-10/h5,10H,1,4H2,(H,7,11). The molecule has 0 rings (SSSR count). The van der Waals surface area contributed by atoms with Crippen LogP contribution in [0.1, 0.15) is 6.42 Å². The van der Waals surface area contributed by atoms with E-state index in [1.54, 1.807) is 0 Å². The predicted molar refractivity (Wildman–Crippen MR) is 35.0 cm³/mol. The summed E-state index contributed by atoms with van der Waals surface area (Å²) in [5, 5.41) is 10.2. The van der Waals surface area contributed by atoms with E-state index in [9.17, 15) is 14.4 Å². The van der Waals surface area contributed by atoms with Gasteiger partial charge in [0, 0.05) is 6.42 Å². The summed E-state index contributed by atoms with van der Waals surface area (Å²) in [7, 11) is 0. The lowest BCUT2D eigenvalue weighted by Gasteiger charge is -2.05. The number of hydrogen-bond acceptors (Lipinski definition) is 4. The molecule has 0 bridgehead atoms. The molecule has 0 aromatic rings. The van der Waals surface area contributed by atoms with E-state index in [-0.39, 0.29) is 6.42 Å². The zero-order valence-electron chi connectivity index (χ0n) is 5.66. The van der Waals surface area contributed by atoms with Gasteiger partial charge in [0.2, 0.25) is 18.5 Å². The molecule has 0 aliphatic heterocycles. The molecule has 0 fully saturated rings. The third-order valence-corrected chi connectivity index (χ3v) is 0.909. The molecule has 1 amide bonds. The van der Waals surface area contributed by atoms with Crippen molar-refractivity contribution in [3.8, 4) is 0 Å². The van der Waals surface area contributed by atoms with Gasteiger partial charge in [0.25, 0.3) is 0 Å². The van der Waals surface area contributed by atoms with Crippen molar-refractivity contribution >= 4 is 18.5 Å². The molecule has 0 saturated carbocycles. The van der Waals surface area contributed by atoms with E-state index in [0.717, 1.165) is 0 Å². The van der Waals surface area contributed by atoms with Gasteiger partial charge in [-0.15, -0.1) is 0 Å². The minimum absolute atomic E-state index is 0.241. The molecule has 2 radical (unpaired) electrons. The van der Waals surface area contributed by atoms with Crippen molar-refractivity contribution in [2.45, 2.75) is 12.5 Å². The van der Waals surface area contributed by atoms with E-state index in [1.807, 2.05) is 5.32 Å². The summed E-state index contributed by atoms with van der Waals surface area (Å²) in [5.41, 5.74) is 0. The van der Waals surface area contributed by atoms with Gasteiger partial charge in [0.1, 0.15) is 12.6 Å². The first-order valence-electron chi connectivity index (χ1n) is 2.87. The van der Waals surface area contributed by atoms with Gasteiger partial charge in [-0.3, -0.25) is 14.4 Å². The van der Waals surface area contributed by atoms with Crippen LogP contribution in [0.2, 0.25) is 0 Å². The summed E-state index contributed by atoms with van der Waals surface area (Å²) in [6, 6.07) is -0.993. The van der Waals surface area contributed by atoms with Gasteiger partial charge in [-0.2, -0.15) is 0 Å². The normalized spacial score (nSPS) is 11.7. The monoisotopic (exact) mass is 157 g/mol. The van der Waals surface area contributed by atoms with Crippen molar-refractivity contribution in [1.29, 1.82) is 0 Å². The molecular formula is C6H7NO4. The molecule has 0 spiro atoms. The molecule has 0 saturated heterocycles. The highest BCUT2D eigenvalue weighted by Crippen LogP contribution is 1.82. The molecule has 2 N–H and O–H groups in total. The highest BCUT2D eigenvalue weighted by atomic mass is 16.3. The largest absolute Gasteiger partial charge is 0.387 e. The number of aliphatic hydroxyl groups is 1. The van der Waals surface area contributed by atoms with Crippen LogP contribution in [-0.4, -0.2) is 36.2 Å². The second-order valence-corrected chi connectivity index (χ2v) is 1.74. The fraction of sp³-hybridized carbons (Fsp3) is 0.500. The number of carbonyl (C=O) groups excluding carboxylic acids is 3. The van der Waals surface area contributed by atoms with Crippen LogP contribution >= 0.6 is 0 Å². The second-order valence-electron chi connectivity index (χ2n) is 1.74. The molecule has 1 unspecified atom stereocenters. The number of nitrogens with one attached hydrogen (secondary N) is 1. The number of hydrogen-bond donors (Lipinski definition) is 2. The molecule has 0 aromatic heterocycles. The molecule has 1 atom stereocenters. The smallest absolute Gasteiger partial charge is 0.246 e. The van der Waals surface area contributed by atoms with Crippen LogP contribution in [0.15, 0.2) is 0 Å². The fourth-order valence-corrected chi connectivity index (χ4v) is 0.445. The van der Waals surface area contributed by atoms with E-state index in [2.05, 4.69) is 0 Å². The summed E-state index contributed by atoms with van der Waals surface area (Å²) in [6.07, 6.45) is 2.61. The zero-order valence-corrected chi connectivity index (χ0v) is 5.66. The van der Waals surface area contributed by atoms with Crippen LogP contribution < -0.4 is 5.32 Å².